The lowest BCUT2D eigenvalue weighted by atomic mass is 10.2. The molecule has 17 heavy (non-hydrogen) atoms. The first-order chi connectivity index (χ1) is 7.86. The standard InChI is InChI=1S/C12H24N2O3/c1-5-14(8-9(2)3)12(17)13-10(4)6-7-11(15)16/h9-10H,5-8H2,1-4H3,(H,13,17)(H,15,16). The van der Waals surface area contributed by atoms with E-state index in [1.807, 2.05) is 13.8 Å². The summed E-state index contributed by atoms with van der Waals surface area (Å²) in [5, 5.41) is 11.4. The Labute approximate surface area is 103 Å². The van der Waals surface area contributed by atoms with Crippen molar-refractivity contribution in [3.05, 3.63) is 0 Å². The first-order valence-corrected chi connectivity index (χ1v) is 6.14. The number of carbonyl (C=O) groups excluding carboxylic acids is 1. The molecular formula is C12H24N2O3. The van der Waals surface area contributed by atoms with Gasteiger partial charge in [0, 0.05) is 25.6 Å². The highest BCUT2D eigenvalue weighted by Crippen LogP contribution is 2.01. The first kappa shape index (κ1) is 15.7. The molecule has 0 saturated carbocycles. The molecule has 0 saturated heterocycles. The number of carbonyl (C=O) groups is 2. The quantitative estimate of drug-likeness (QED) is 0.719. The Hall–Kier alpha value is -1.26. The van der Waals surface area contributed by atoms with Crippen LogP contribution in [0.25, 0.3) is 0 Å². The first-order valence-electron chi connectivity index (χ1n) is 6.14. The minimum absolute atomic E-state index is 0.0811. The fraction of sp³-hybridized carbons (Fsp3) is 0.833. The molecule has 0 bridgehead atoms. The van der Waals surface area contributed by atoms with Crippen LogP contribution in [0.5, 0.6) is 0 Å². The topological polar surface area (TPSA) is 69.6 Å². The van der Waals surface area contributed by atoms with E-state index in [0.29, 0.717) is 25.4 Å². The van der Waals surface area contributed by atoms with Gasteiger partial charge in [-0.3, -0.25) is 4.79 Å². The Bertz CT molecular complexity index is 254. The fourth-order valence-corrected chi connectivity index (χ4v) is 1.51. The summed E-state index contributed by atoms with van der Waals surface area (Å²) < 4.78 is 0. The summed E-state index contributed by atoms with van der Waals surface area (Å²) in [4.78, 5) is 24.0. The molecule has 0 aromatic rings. The summed E-state index contributed by atoms with van der Waals surface area (Å²) in [5.41, 5.74) is 0. The average molecular weight is 244 g/mol. The molecule has 0 aromatic carbocycles. The maximum atomic E-state index is 11.8. The Balaban J connectivity index is 4.07. The molecule has 0 rings (SSSR count). The van der Waals surface area contributed by atoms with E-state index in [1.165, 1.54) is 0 Å². The summed E-state index contributed by atoms with van der Waals surface area (Å²) in [6.45, 7) is 9.26. The third kappa shape index (κ3) is 7.60. The van der Waals surface area contributed by atoms with Crippen LogP contribution in [0.4, 0.5) is 4.79 Å². The van der Waals surface area contributed by atoms with Gasteiger partial charge in [0.25, 0.3) is 0 Å². The SMILES string of the molecule is CCN(CC(C)C)C(=O)NC(C)CCC(=O)O. The lowest BCUT2D eigenvalue weighted by Crippen LogP contribution is -2.45. The van der Waals surface area contributed by atoms with E-state index in [4.69, 9.17) is 5.11 Å². The Kier molecular flexibility index (Phi) is 7.34. The van der Waals surface area contributed by atoms with E-state index < -0.39 is 5.97 Å². The van der Waals surface area contributed by atoms with Crippen LogP contribution in [0.2, 0.25) is 0 Å². The van der Waals surface area contributed by atoms with Crippen molar-refractivity contribution < 1.29 is 14.7 Å². The van der Waals surface area contributed by atoms with Crippen molar-refractivity contribution in [2.75, 3.05) is 13.1 Å². The molecule has 0 fully saturated rings. The van der Waals surface area contributed by atoms with E-state index in [9.17, 15) is 9.59 Å². The van der Waals surface area contributed by atoms with Crippen molar-refractivity contribution in [3.8, 4) is 0 Å². The second-order valence-electron chi connectivity index (χ2n) is 4.72. The van der Waals surface area contributed by atoms with E-state index >= 15 is 0 Å². The molecule has 100 valence electrons. The van der Waals surface area contributed by atoms with E-state index in [2.05, 4.69) is 19.2 Å². The van der Waals surface area contributed by atoms with Gasteiger partial charge < -0.3 is 15.3 Å². The summed E-state index contributed by atoms with van der Waals surface area (Å²) in [7, 11) is 0. The van der Waals surface area contributed by atoms with Crippen molar-refractivity contribution >= 4 is 12.0 Å². The number of nitrogens with one attached hydrogen (secondary N) is 1. The zero-order chi connectivity index (χ0) is 13.4. The zero-order valence-corrected chi connectivity index (χ0v) is 11.2. The van der Waals surface area contributed by atoms with Crippen LogP contribution in [0, 0.1) is 5.92 Å². The number of hydrogen-bond acceptors (Lipinski definition) is 2. The smallest absolute Gasteiger partial charge is 0.317 e. The van der Waals surface area contributed by atoms with E-state index in [-0.39, 0.29) is 18.5 Å². The monoisotopic (exact) mass is 244 g/mol. The maximum Gasteiger partial charge on any atom is 0.317 e. The predicted octanol–water partition coefficient (Wildman–Crippen LogP) is 1.93. The van der Waals surface area contributed by atoms with Crippen molar-refractivity contribution in [2.45, 2.75) is 46.6 Å². The number of amides is 2. The number of rotatable bonds is 7. The zero-order valence-electron chi connectivity index (χ0n) is 11.2. The third-order valence-corrected chi connectivity index (χ3v) is 2.42. The van der Waals surface area contributed by atoms with Crippen molar-refractivity contribution in [3.63, 3.8) is 0 Å². The Morgan fingerprint density at radius 2 is 1.88 bits per heavy atom. The van der Waals surface area contributed by atoms with Crippen LogP contribution < -0.4 is 5.32 Å². The largest absolute Gasteiger partial charge is 0.481 e. The molecule has 0 aromatic heterocycles. The molecule has 0 aliphatic heterocycles. The normalized spacial score (nSPS) is 12.3. The van der Waals surface area contributed by atoms with Gasteiger partial charge in [0.15, 0.2) is 0 Å². The molecule has 0 aliphatic rings. The maximum absolute atomic E-state index is 11.8. The highest BCUT2D eigenvalue weighted by molar-refractivity contribution is 5.74. The Morgan fingerprint density at radius 1 is 1.29 bits per heavy atom. The second kappa shape index (κ2) is 7.92. The molecule has 5 nitrogen and oxygen atoms in total. The van der Waals surface area contributed by atoms with Crippen LogP contribution >= 0.6 is 0 Å². The highest BCUT2D eigenvalue weighted by atomic mass is 16.4. The highest BCUT2D eigenvalue weighted by Gasteiger charge is 2.15. The van der Waals surface area contributed by atoms with Crippen LogP contribution in [-0.4, -0.2) is 41.1 Å². The van der Waals surface area contributed by atoms with Gasteiger partial charge in [-0.05, 0) is 26.2 Å². The van der Waals surface area contributed by atoms with E-state index in [1.54, 1.807) is 4.90 Å². The molecule has 2 N–H and O–H groups in total. The molecule has 0 aliphatic carbocycles. The molecule has 1 atom stereocenters. The molecule has 0 radical (unpaired) electrons. The third-order valence-electron chi connectivity index (χ3n) is 2.42. The van der Waals surface area contributed by atoms with Gasteiger partial charge >= 0.3 is 12.0 Å². The lowest BCUT2D eigenvalue weighted by molar-refractivity contribution is -0.137. The molecule has 2 amide bonds. The average Bonchev–Trinajstić information content (AvgIpc) is 2.22. The minimum atomic E-state index is -0.833. The molecule has 0 heterocycles. The number of carboxylic acid groups (broad SMARTS) is 1. The van der Waals surface area contributed by atoms with Crippen LogP contribution in [0.3, 0.4) is 0 Å². The molecule has 1 unspecified atom stereocenters. The van der Waals surface area contributed by atoms with Crippen LogP contribution in [0.15, 0.2) is 0 Å². The van der Waals surface area contributed by atoms with Crippen molar-refractivity contribution in [1.82, 2.24) is 10.2 Å². The summed E-state index contributed by atoms with van der Waals surface area (Å²) >= 11 is 0. The van der Waals surface area contributed by atoms with Gasteiger partial charge in [-0.25, -0.2) is 4.79 Å². The lowest BCUT2D eigenvalue weighted by Gasteiger charge is -2.25. The van der Waals surface area contributed by atoms with Gasteiger partial charge in [0.2, 0.25) is 0 Å². The van der Waals surface area contributed by atoms with Gasteiger partial charge in [0.1, 0.15) is 0 Å². The van der Waals surface area contributed by atoms with Gasteiger partial charge in [-0.15, -0.1) is 0 Å². The number of hydrogen-bond donors (Lipinski definition) is 2. The van der Waals surface area contributed by atoms with Gasteiger partial charge in [0.05, 0.1) is 0 Å². The van der Waals surface area contributed by atoms with Crippen LogP contribution in [0.1, 0.15) is 40.5 Å². The number of urea groups is 1. The van der Waals surface area contributed by atoms with Crippen molar-refractivity contribution in [2.24, 2.45) is 5.92 Å². The minimum Gasteiger partial charge on any atom is -0.481 e. The predicted molar refractivity (Wildman–Crippen MR) is 66.9 cm³/mol. The number of carboxylic acids is 1. The number of aliphatic carboxylic acids is 1. The summed E-state index contributed by atoms with van der Waals surface area (Å²) in [6, 6.07) is -0.223. The van der Waals surface area contributed by atoms with E-state index in [0.717, 1.165) is 0 Å². The van der Waals surface area contributed by atoms with Gasteiger partial charge in [-0.2, -0.15) is 0 Å². The van der Waals surface area contributed by atoms with Crippen molar-refractivity contribution in [1.29, 1.82) is 0 Å². The van der Waals surface area contributed by atoms with Gasteiger partial charge in [-0.1, -0.05) is 13.8 Å². The number of nitrogens with zero attached hydrogens (tertiary/aromatic N) is 1. The van der Waals surface area contributed by atoms with Crippen LogP contribution in [-0.2, 0) is 4.79 Å². The fourth-order valence-electron chi connectivity index (χ4n) is 1.51. The molecular weight excluding hydrogens is 220 g/mol. The summed E-state index contributed by atoms with van der Waals surface area (Å²) in [5.74, 6) is -0.407. The second-order valence-corrected chi connectivity index (χ2v) is 4.72. The molecule has 5 heteroatoms. The summed E-state index contributed by atoms with van der Waals surface area (Å²) in [6.07, 6.45) is 0.540. The molecule has 0 spiro atoms. The Morgan fingerprint density at radius 3 is 2.29 bits per heavy atom.